The van der Waals surface area contributed by atoms with E-state index in [-0.39, 0.29) is 12.7 Å². The Morgan fingerprint density at radius 1 is 1.16 bits per heavy atom. The molecule has 2 aliphatic heterocycles. The summed E-state index contributed by atoms with van der Waals surface area (Å²) in [6.45, 7) is 1.85. The molecule has 25 heavy (non-hydrogen) atoms. The van der Waals surface area contributed by atoms with E-state index < -0.39 is 0 Å². The second kappa shape index (κ2) is 6.67. The highest BCUT2D eigenvalue weighted by atomic mass is 16.7. The summed E-state index contributed by atoms with van der Waals surface area (Å²) in [6, 6.07) is 13.8. The maximum atomic E-state index is 12.6. The Kier molecular flexibility index (Phi) is 4.22. The van der Waals surface area contributed by atoms with Gasteiger partial charge in [-0.05, 0) is 41.8 Å². The Hall–Kier alpha value is -2.69. The lowest BCUT2D eigenvalue weighted by molar-refractivity contribution is -0.129. The second-order valence-electron chi connectivity index (χ2n) is 6.46. The van der Waals surface area contributed by atoms with Crippen molar-refractivity contribution in [2.75, 3.05) is 27.0 Å². The molecule has 0 N–H and O–H groups in total. The molecule has 0 aromatic heterocycles. The molecule has 2 aliphatic rings. The van der Waals surface area contributed by atoms with E-state index in [4.69, 9.17) is 14.2 Å². The van der Waals surface area contributed by atoms with Gasteiger partial charge in [0.25, 0.3) is 0 Å². The highest BCUT2D eigenvalue weighted by Gasteiger charge is 2.28. The lowest BCUT2D eigenvalue weighted by atomic mass is 9.98. The van der Waals surface area contributed by atoms with Crippen molar-refractivity contribution in [1.82, 2.24) is 4.90 Å². The molecule has 1 amide bonds. The Balaban J connectivity index is 1.38. The zero-order valence-corrected chi connectivity index (χ0v) is 14.2. The van der Waals surface area contributed by atoms with E-state index in [1.54, 1.807) is 7.11 Å². The number of rotatable bonds is 4. The predicted octanol–water partition coefficient (Wildman–Crippen LogP) is 2.98. The van der Waals surface area contributed by atoms with Gasteiger partial charge < -0.3 is 19.1 Å². The van der Waals surface area contributed by atoms with Crippen LogP contribution in [-0.4, -0.2) is 37.8 Å². The predicted molar refractivity (Wildman–Crippen MR) is 93.2 cm³/mol. The first-order valence-corrected chi connectivity index (χ1v) is 8.53. The first-order chi connectivity index (χ1) is 12.2. The molecule has 5 heteroatoms. The molecule has 1 unspecified atom stereocenters. The van der Waals surface area contributed by atoms with Gasteiger partial charge in [-0.2, -0.15) is 0 Å². The SMILES string of the molecule is COc1ccc(CC(=O)N2CCC(c3ccc4c(c3)OCO4)C2)cc1. The number of likely N-dealkylation sites (tertiary alicyclic amines) is 1. The first kappa shape index (κ1) is 15.8. The van der Waals surface area contributed by atoms with Crippen molar-refractivity contribution in [2.24, 2.45) is 0 Å². The number of amides is 1. The normalized spacial score (nSPS) is 18.4. The summed E-state index contributed by atoms with van der Waals surface area (Å²) in [5, 5.41) is 0. The summed E-state index contributed by atoms with van der Waals surface area (Å²) < 4.78 is 16.0. The molecule has 0 aliphatic carbocycles. The molecule has 0 spiro atoms. The number of hydrogen-bond donors (Lipinski definition) is 0. The van der Waals surface area contributed by atoms with Gasteiger partial charge in [0.2, 0.25) is 12.7 Å². The fourth-order valence-electron chi connectivity index (χ4n) is 3.46. The topological polar surface area (TPSA) is 48.0 Å². The second-order valence-corrected chi connectivity index (χ2v) is 6.46. The van der Waals surface area contributed by atoms with Crippen LogP contribution in [0.3, 0.4) is 0 Å². The van der Waals surface area contributed by atoms with Crippen LogP contribution in [-0.2, 0) is 11.2 Å². The number of fused-ring (bicyclic) bond motifs is 1. The smallest absolute Gasteiger partial charge is 0.231 e. The number of carbonyl (C=O) groups is 1. The Morgan fingerprint density at radius 2 is 1.96 bits per heavy atom. The van der Waals surface area contributed by atoms with Gasteiger partial charge in [0.1, 0.15) is 5.75 Å². The molecule has 1 saturated heterocycles. The van der Waals surface area contributed by atoms with Crippen LogP contribution >= 0.6 is 0 Å². The van der Waals surface area contributed by atoms with Crippen molar-refractivity contribution in [1.29, 1.82) is 0 Å². The minimum absolute atomic E-state index is 0.174. The van der Waals surface area contributed by atoms with E-state index >= 15 is 0 Å². The highest BCUT2D eigenvalue weighted by molar-refractivity contribution is 5.79. The van der Waals surface area contributed by atoms with Crippen LogP contribution in [0.4, 0.5) is 0 Å². The molecule has 2 heterocycles. The fourth-order valence-corrected chi connectivity index (χ4v) is 3.46. The average Bonchev–Trinajstić information content (AvgIpc) is 3.31. The van der Waals surface area contributed by atoms with E-state index in [2.05, 4.69) is 6.07 Å². The third-order valence-electron chi connectivity index (χ3n) is 4.92. The van der Waals surface area contributed by atoms with Crippen LogP contribution in [0.5, 0.6) is 17.2 Å². The number of ether oxygens (including phenoxy) is 3. The number of hydrogen-bond acceptors (Lipinski definition) is 4. The van der Waals surface area contributed by atoms with E-state index in [1.807, 2.05) is 41.3 Å². The number of benzene rings is 2. The summed E-state index contributed by atoms with van der Waals surface area (Å²) in [5.74, 6) is 2.94. The van der Waals surface area contributed by atoms with Gasteiger partial charge in [0, 0.05) is 19.0 Å². The molecule has 2 aromatic carbocycles. The van der Waals surface area contributed by atoms with Crippen molar-refractivity contribution in [3.05, 3.63) is 53.6 Å². The highest BCUT2D eigenvalue weighted by Crippen LogP contribution is 2.37. The van der Waals surface area contributed by atoms with Crippen molar-refractivity contribution < 1.29 is 19.0 Å². The van der Waals surface area contributed by atoms with Crippen LogP contribution in [0, 0.1) is 0 Å². The Bertz CT molecular complexity index is 772. The third-order valence-corrected chi connectivity index (χ3v) is 4.92. The molecule has 0 radical (unpaired) electrons. The maximum absolute atomic E-state index is 12.6. The van der Waals surface area contributed by atoms with Gasteiger partial charge in [0.15, 0.2) is 11.5 Å². The Labute approximate surface area is 147 Å². The van der Waals surface area contributed by atoms with Gasteiger partial charge in [-0.1, -0.05) is 18.2 Å². The van der Waals surface area contributed by atoms with Crippen LogP contribution in [0.25, 0.3) is 0 Å². The van der Waals surface area contributed by atoms with Crippen LogP contribution in [0.1, 0.15) is 23.5 Å². The summed E-state index contributed by atoms with van der Waals surface area (Å²) in [5.41, 5.74) is 2.22. The molecule has 5 nitrogen and oxygen atoms in total. The first-order valence-electron chi connectivity index (χ1n) is 8.53. The van der Waals surface area contributed by atoms with Gasteiger partial charge in [-0.25, -0.2) is 0 Å². The average molecular weight is 339 g/mol. The van der Waals surface area contributed by atoms with Crippen molar-refractivity contribution in [3.8, 4) is 17.2 Å². The molecule has 1 fully saturated rings. The standard InChI is InChI=1S/C20H21NO4/c1-23-17-5-2-14(3-6-17)10-20(22)21-9-8-16(12-21)15-4-7-18-19(11-15)25-13-24-18/h2-7,11,16H,8-10,12-13H2,1H3. The van der Waals surface area contributed by atoms with Crippen molar-refractivity contribution in [2.45, 2.75) is 18.8 Å². The lowest BCUT2D eigenvalue weighted by Gasteiger charge is -2.17. The molecule has 0 saturated carbocycles. The number of methoxy groups -OCH3 is 1. The zero-order chi connectivity index (χ0) is 17.2. The zero-order valence-electron chi connectivity index (χ0n) is 14.2. The van der Waals surface area contributed by atoms with Crippen molar-refractivity contribution in [3.63, 3.8) is 0 Å². The fraction of sp³-hybridized carbons (Fsp3) is 0.350. The molecule has 2 aromatic rings. The number of nitrogens with zero attached hydrogens (tertiary/aromatic N) is 1. The third kappa shape index (κ3) is 3.27. The van der Waals surface area contributed by atoms with Crippen LogP contribution in [0.15, 0.2) is 42.5 Å². The van der Waals surface area contributed by atoms with Crippen LogP contribution in [0.2, 0.25) is 0 Å². The van der Waals surface area contributed by atoms with E-state index in [0.717, 1.165) is 42.3 Å². The maximum Gasteiger partial charge on any atom is 0.231 e. The summed E-state index contributed by atoms with van der Waals surface area (Å²) >= 11 is 0. The van der Waals surface area contributed by atoms with E-state index in [9.17, 15) is 4.79 Å². The van der Waals surface area contributed by atoms with E-state index in [1.165, 1.54) is 5.56 Å². The minimum atomic E-state index is 0.174. The Morgan fingerprint density at radius 3 is 2.76 bits per heavy atom. The minimum Gasteiger partial charge on any atom is -0.497 e. The van der Waals surface area contributed by atoms with Gasteiger partial charge in [-0.3, -0.25) is 4.79 Å². The molecule has 4 rings (SSSR count). The molecule has 130 valence electrons. The largest absolute Gasteiger partial charge is 0.497 e. The molecule has 1 atom stereocenters. The molecular formula is C20H21NO4. The summed E-state index contributed by atoms with van der Waals surface area (Å²) in [7, 11) is 1.64. The quantitative estimate of drug-likeness (QED) is 0.859. The van der Waals surface area contributed by atoms with Gasteiger partial charge in [0.05, 0.1) is 13.5 Å². The van der Waals surface area contributed by atoms with E-state index in [0.29, 0.717) is 12.3 Å². The molecular weight excluding hydrogens is 318 g/mol. The van der Waals surface area contributed by atoms with Gasteiger partial charge >= 0.3 is 0 Å². The lowest BCUT2D eigenvalue weighted by Crippen LogP contribution is -2.29. The summed E-state index contributed by atoms with van der Waals surface area (Å²) in [6.07, 6.45) is 1.41. The van der Waals surface area contributed by atoms with Crippen LogP contribution < -0.4 is 14.2 Å². The monoisotopic (exact) mass is 339 g/mol. The number of carbonyl (C=O) groups excluding carboxylic acids is 1. The molecule has 0 bridgehead atoms. The van der Waals surface area contributed by atoms with Gasteiger partial charge in [-0.15, -0.1) is 0 Å². The summed E-state index contributed by atoms with van der Waals surface area (Å²) in [4.78, 5) is 14.5. The van der Waals surface area contributed by atoms with Crippen molar-refractivity contribution >= 4 is 5.91 Å².